The summed E-state index contributed by atoms with van der Waals surface area (Å²) in [5.41, 5.74) is 4.97. The van der Waals surface area contributed by atoms with E-state index in [-0.39, 0.29) is 5.91 Å². The maximum Gasteiger partial charge on any atom is 0.228 e. The van der Waals surface area contributed by atoms with Gasteiger partial charge < -0.3 is 5.32 Å². The number of carbonyl (C=O) groups is 1. The number of aryl methyl sites for hydroxylation is 1. The van der Waals surface area contributed by atoms with Crippen LogP contribution in [0.2, 0.25) is 0 Å². The van der Waals surface area contributed by atoms with Crippen molar-refractivity contribution in [1.29, 1.82) is 0 Å². The molecule has 0 aliphatic carbocycles. The van der Waals surface area contributed by atoms with Crippen LogP contribution in [-0.2, 0) is 11.2 Å². The molecule has 0 unspecified atom stereocenters. The third-order valence-electron chi connectivity index (χ3n) is 3.59. The van der Waals surface area contributed by atoms with Gasteiger partial charge >= 0.3 is 0 Å². The first-order chi connectivity index (χ1) is 10.7. The van der Waals surface area contributed by atoms with Crippen LogP contribution in [0.15, 0.2) is 60.8 Å². The zero-order chi connectivity index (χ0) is 15.4. The number of H-pyrrole nitrogens is 1. The van der Waals surface area contributed by atoms with Gasteiger partial charge in [0.15, 0.2) is 0 Å². The molecular formula is C18H17N3O. The van der Waals surface area contributed by atoms with E-state index in [9.17, 15) is 4.79 Å². The average molecular weight is 291 g/mol. The molecule has 3 aromatic rings. The molecule has 0 atom stereocenters. The Bertz CT molecular complexity index is 761. The molecule has 0 aliphatic rings. The van der Waals surface area contributed by atoms with Crippen LogP contribution in [0, 0.1) is 6.92 Å². The topological polar surface area (TPSA) is 57.8 Å². The molecule has 110 valence electrons. The van der Waals surface area contributed by atoms with Crippen molar-refractivity contribution in [3.05, 3.63) is 71.9 Å². The standard InChI is InChI=1S/C18H17N3O/c1-13-4-2-3-5-15(13)12-18(22)20-16-8-6-14(7-9-16)17-10-11-19-21-17/h2-11H,12H2,1H3,(H,19,21)(H,20,22). The lowest BCUT2D eigenvalue weighted by molar-refractivity contribution is -0.115. The third-order valence-corrected chi connectivity index (χ3v) is 3.59. The highest BCUT2D eigenvalue weighted by molar-refractivity contribution is 5.92. The lowest BCUT2D eigenvalue weighted by atomic mass is 10.1. The van der Waals surface area contributed by atoms with Crippen LogP contribution in [-0.4, -0.2) is 16.1 Å². The van der Waals surface area contributed by atoms with E-state index in [1.165, 1.54) is 0 Å². The fourth-order valence-corrected chi connectivity index (χ4v) is 2.34. The molecule has 4 heteroatoms. The van der Waals surface area contributed by atoms with E-state index in [0.29, 0.717) is 6.42 Å². The predicted octanol–water partition coefficient (Wildman–Crippen LogP) is 3.57. The Morgan fingerprint density at radius 1 is 1.09 bits per heavy atom. The first-order valence-corrected chi connectivity index (χ1v) is 7.16. The van der Waals surface area contributed by atoms with Crippen molar-refractivity contribution in [1.82, 2.24) is 10.2 Å². The van der Waals surface area contributed by atoms with Gasteiger partial charge in [0.2, 0.25) is 5.91 Å². The van der Waals surface area contributed by atoms with Crippen LogP contribution < -0.4 is 5.32 Å². The Morgan fingerprint density at radius 3 is 2.55 bits per heavy atom. The normalized spacial score (nSPS) is 10.4. The van der Waals surface area contributed by atoms with Crippen molar-refractivity contribution in [2.75, 3.05) is 5.32 Å². The van der Waals surface area contributed by atoms with Gasteiger partial charge in [0.25, 0.3) is 0 Å². The van der Waals surface area contributed by atoms with Crippen molar-refractivity contribution in [2.45, 2.75) is 13.3 Å². The number of aromatic nitrogens is 2. The first kappa shape index (κ1) is 14.1. The maximum absolute atomic E-state index is 12.1. The number of nitrogens with zero attached hydrogens (tertiary/aromatic N) is 1. The minimum atomic E-state index is -0.0106. The first-order valence-electron chi connectivity index (χ1n) is 7.16. The molecule has 22 heavy (non-hydrogen) atoms. The van der Waals surface area contributed by atoms with Crippen LogP contribution >= 0.6 is 0 Å². The molecule has 1 amide bonds. The lowest BCUT2D eigenvalue weighted by Gasteiger charge is -2.08. The number of hydrogen-bond donors (Lipinski definition) is 2. The number of hydrogen-bond acceptors (Lipinski definition) is 2. The number of nitrogens with one attached hydrogen (secondary N) is 2. The highest BCUT2D eigenvalue weighted by Crippen LogP contribution is 2.19. The molecule has 0 bridgehead atoms. The lowest BCUT2D eigenvalue weighted by Crippen LogP contribution is -2.14. The second-order valence-corrected chi connectivity index (χ2v) is 5.20. The molecule has 2 aromatic carbocycles. The Labute approximate surface area is 129 Å². The van der Waals surface area contributed by atoms with E-state index in [0.717, 1.165) is 28.1 Å². The number of amides is 1. The molecule has 0 saturated heterocycles. The van der Waals surface area contributed by atoms with Crippen molar-refractivity contribution in [2.24, 2.45) is 0 Å². The summed E-state index contributed by atoms with van der Waals surface area (Å²) in [6.07, 6.45) is 2.10. The fraction of sp³-hybridized carbons (Fsp3) is 0.111. The summed E-state index contributed by atoms with van der Waals surface area (Å²) in [6, 6.07) is 17.5. The van der Waals surface area contributed by atoms with Crippen LogP contribution in [0.25, 0.3) is 11.3 Å². The average Bonchev–Trinajstić information content (AvgIpc) is 3.05. The molecule has 0 saturated carbocycles. The smallest absolute Gasteiger partial charge is 0.228 e. The molecule has 4 nitrogen and oxygen atoms in total. The highest BCUT2D eigenvalue weighted by Gasteiger charge is 2.06. The van der Waals surface area contributed by atoms with Gasteiger partial charge in [-0.15, -0.1) is 0 Å². The second-order valence-electron chi connectivity index (χ2n) is 5.20. The summed E-state index contributed by atoms with van der Waals surface area (Å²) >= 11 is 0. The Kier molecular flexibility index (Phi) is 4.01. The SMILES string of the molecule is Cc1ccccc1CC(=O)Nc1ccc(-c2ccn[nH]2)cc1. The molecule has 2 N–H and O–H groups in total. The molecular weight excluding hydrogens is 274 g/mol. The summed E-state index contributed by atoms with van der Waals surface area (Å²) in [5.74, 6) is -0.0106. The van der Waals surface area contributed by atoms with Gasteiger partial charge in [0, 0.05) is 11.9 Å². The Balaban J connectivity index is 1.66. The second kappa shape index (κ2) is 6.26. The zero-order valence-electron chi connectivity index (χ0n) is 12.3. The third kappa shape index (κ3) is 3.23. The number of carbonyl (C=O) groups excluding carboxylic acids is 1. The number of aromatic amines is 1. The van der Waals surface area contributed by atoms with Crippen LogP contribution in [0.1, 0.15) is 11.1 Å². The number of anilines is 1. The van der Waals surface area contributed by atoms with E-state index in [1.807, 2.05) is 61.5 Å². The van der Waals surface area contributed by atoms with Gasteiger partial charge in [-0.25, -0.2) is 0 Å². The van der Waals surface area contributed by atoms with Crippen LogP contribution in [0.4, 0.5) is 5.69 Å². The van der Waals surface area contributed by atoms with E-state index in [1.54, 1.807) is 6.20 Å². The summed E-state index contributed by atoms with van der Waals surface area (Å²) in [6.45, 7) is 2.02. The van der Waals surface area contributed by atoms with Crippen LogP contribution in [0.5, 0.6) is 0 Å². The minimum Gasteiger partial charge on any atom is -0.326 e. The van der Waals surface area contributed by atoms with Crippen molar-refractivity contribution in [3.8, 4) is 11.3 Å². The summed E-state index contributed by atoms with van der Waals surface area (Å²) in [5, 5.41) is 9.77. The molecule has 1 aromatic heterocycles. The van der Waals surface area contributed by atoms with Gasteiger partial charge in [-0.3, -0.25) is 9.89 Å². The molecule has 3 rings (SSSR count). The molecule has 0 spiro atoms. The summed E-state index contributed by atoms with van der Waals surface area (Å²) in [4.78, 5) is 12.1. The van der Waals surface area contributed by atoms with Crippen molar-refractivity contribution < 1.29 is 4.79 Å². The van der Waals surface area contributed by atoms with Gasteiger partial charge in [-0.05, 0) is 41.8 Å². The fourth-order valence-electron chi connectivity index (χ4n) is 2.34. The highest BCUT2D eigenvalue weighted by atomic mass is 16.1. The van der Waals surface area contributed by atoms with Gasteiger partial charge in [-0.2, -0.15) is 5.10 Å². The zero-order valence-corrected chi connectivity index (χ0v) is 12.3. The molecule has 1 heterocycles. The number of rotatable bonds is 4. The van der Waals surface area contributed by atoms with Crippen LogP contribution in [0.3, 0.4) is 0 Å². The molecule has 0 radical (unpaired) electrons. The van der Waals surface area contributed by atoms with E-state index >= 15 is 0 Å². The van der Waals surface area contributed by atoms with E-state index in [4.69, 9.17) is 0 Å². The summed E-state index contributed by atoms with van der Waals surface area (Å²) in [7, 11) is 0. The number of benzene rings is 2. The van der Waals surface area contributed by atoms with E-state index in [2.05, 4.69) is 15.5 Å². The Morgan fingerprint density at radius 2 is 1.86 bits per heavy atom. The van der Waals surface area contributed by atoms with Gasteiger partial charge in [-0.1, -0.05) is 36.4 Å². The Hall–Kier alpha value is -2.88. The van der Waals surface area contributed by atoms with Gasteiger partial charge in [0.05, 0.1) is 12.1 Å². The quantitative estimate of drug-likeness (QED) is 0.772. The molecule has 0 aliphatic heterocycles. The van der Waals surface area contributed by atoms with Crippen molar-refractivity contribution in [3.63, 3.8) is 0 Å². The van der Waals surface area contributed by atoms with Gasteiger partial charge in [0.1, 0.15) is 0 Å². The monoisotopic (exact) mass is 291 g/mol. The van der Waals surface area contributed by atoms with E-state index < -0.39 is 0 Å². The minimum absolute atomic E-state index is 0.0106. The predicted molar refractivity (Wildman–Crippen MR) is 87.5 cm³/mol. The van der Waals surface area contributed by atoms with Crippen molar-refractivity contribution >= 4 is 11.6 Å². The maximum atomic E-state index is 12.1. The largest absolute Gasteiger partial charge is 0.326 e. The molecule has 0 fully saturated rings. The summed E-state index contributed by atoms with van der Waals surface area (Å²) < 4.78 is 0.